The van der Waals surface area contributed by atoms with Crippen LogP contribution in [-0.4, -0.2) is 23.5 Å². The van der Waals surface area contributed by atoms with Gasteiger partial charge in [0, 0.05) is 32.0 Å². The van der Waals surface area contributed by atoms with E-state index in [1.807, 2.05) is 17.8 Å². The molecule has 1 N–H and O–H groups in total. The first kappa shape index (κ1) is 14.8. The second-order valence-electron chi connectivity index (χ2n) is 5.07. The molecule has 1 aromatic carbocycles. The lowest BCUT2D eigenvalue weighted by atomic mass is 10.1. The molecule has 0 aliphatic heterocycles. The van der Waals surface area contributed by atoms with Crippen molar-refractivity contribution in [2.45, 2.75) is 26.4 Å². The van der Waals surface area contributed by atoms with Gasteiger partial charge in [-0.2, -0.15) is 5.10 Å². The number of ether oxygens (including phenoxy) is 1. The SMILES string of the molecule is COCC(NCc1c(C)nn(C)c1C)c1ccccc1. The Morgan fingerprint density at radius 2 is 1.95 bits per heavy atom. The molecule has 0 saturated carbocycles. The zero-order chi connectivity index (χ0) is 14.5. The Morgan fingerprint density at radius 1 is 1.25 bits per heavy atom. The van der Waals surface area contributed by atoms with E-state index in [1.54, 1.807) is 7.11 Å². The smallest absolute Gasteiger partial charge is 0.0657 e. The summed E-state index contributed by atoms with van der Waals surface area (Å²) in [5.41, 5.74) is 4.80. The first-order valence-electron chi connectivity index (χ1n) is 6.89. The highest BCUT2D eigenvalue weighted by molar-refractivity contribution is 5.25. The van der Waals surface area contributed by atoms with Crippen molar-refractivity contribution in [1.29, 1.82) is 0 Å². The summed E-state index contributed by atoms with van der Waals surface area (Å²) in [5, 5.41) is 8.02. The van der Waals surface area contributed by atoms with E-state index in [-0.39, 0.29) is 6.04 Å². The van der Waals surface area contributed by atoms with Crippen LogP contribution in [-0.2, 0) is 18.3 Å². The Hall–Kier alpha value is -1.65. The van der Waals surface area contributed by atoms with Crippen molar-refractivity contribution in [2.75, 3.05) is 13.7 Å². The summed E-state index contributed by atoms with van der Waals surface area (Å²) in [5.74, 6) is 0. The van der Waals surface area contributed by atoms with Gasteiger partial charge in [-0.25, -0.2) is 0 Å². The Kier molecular flexibility index (Phi) is 4.93. The molecule has 0 radical (unpaired) electrons. The van der Waals surface area contributed by atoms with Crippen molar-refractivity contribution in [3.8, 4) is 0 Å². The highest BCUT2D eigenvalue weighted by Gasteiger charge is 2.14. The molecule has 0 aliphatic carbocycles. The minimum atomic E-state index is 0.195. The molecule has 1 heterocycles. The Balaban J connectivity index is 2.10. The lowest BCUT2D eigenvalue weighted by Crippen LogP contribution is -2.25. The molecule has 1 aromatic heterocycles. The summed E-state index contributed by atoms with van der Waals surface area (Å²) >= 11 is 0. The van der Waals surface area contributed by atoms with E-state index in [1.165, 1.54) is 16.8 Å². The monoisotopic (exact) mass is 273 g/mol. The third kappa shape index (κ3) is 3.26. The summed E-state index contributed by atoms with van der Waals surface area (Å²) in [4.78, 5) is 0. The van der Waals surface area contributed by atoms with Gasteiger partial charge in [0.1, 0.15) is 0 Å². The minimum absolute atomic E-state index is 0.195. The van der Waals surface area contributed by atoms with Gasteiger partial charge in [0.05, 0.1) is 18.3 Å². The Labute approximate surface area is 120 Å². The van der Waals surface area contributed by atoms with Gasteiger partial charge >= 0.3 is 0 Å². The van der Waals surface area contributed by atoms with Crippen LogP contribution in [0.5, 0.6) is 0 Å². The summed E-state index contributed by atoms with van der Waals surface area (Å²) < 4.78 is 7.26. The fraction of sp³-hybridized carbons (Fsp3) is 0.438. The van der Waals surface area contributed by atoms with E-state index in [2.05, 4.69) is 48.5 Å². The van der Waals surface area contributed by atoms with Crippen LogP contribution >= 0.6 is 0 Å². The van der Waals surface area contributed by atoms with Crippen molar-refractivity contribution in [3.63, 3.8) is 0 Å². The van der Waals surface area contributed by atoms with Gasteiger partial charge in [0.25, 0.3) is 0 Å². The van der Waals surface area contributed by atoms with E-state index in [9.17, 15) is 0 Å². The molecule has 0 aliphatic rings. The van der Waals surface area contributed by atoms with Crippen molar-refractivity contribution in [1.82, 2.24) is 15.1 Å². The van der Waals surface area contributed by atoms with Gasteiger partial charge in [-0.1, -0.05) is 30.3 Å². The largest absolute Gasteiger partial charge is 0.383 e. The maximum atomic E-state index is 5.33. The number of methoxy groups -OCH3 is 1. The van der Waals surface area contributed by atoms with E-state index in [0.29, 0.717) is 6.61 Å². The molecule has 20 heavy (non-hydrogen) atoms. The molecule has 0 bridgehead atoms. The summed E-state index contributed by atoms with van der Waals surface area (Å²) in [6.45, 7) is 5.61. The lowest BCUT2D eigenvalue weighted by molar-refractivity contribution is 0.166. The number of rotatable bonds is 6. The second-order valence-corrected chi connectivity index (χ2v) is 5.07. The molecular formula is C16H23N3O. The minimum Gasteiger partial charge on any atom is -0.383 e. The van der Waals surface area contributed by atoms with Gasteiger partial charge in [-0.05, 0) is 19.4 Å². The quantitative estimate of drug-likeness (QED) is 0.879. The molecule has 4 heteroatoms. The maximum absolute atomic E-state index is 5.33. The molecule has 2 rings (SSSR count). The lowest BCUT2D eigenvalue weighted by Gasteiger charge is -2.18. The molecule has 0 fully saturated rings. The standard InChI is InChI=1S/C16H23N3O/c1-12-15(13(2)19(3)18-12)10-17-16(11-20-4)14-8-6-5-7-9-14/h5-9,16-17H,10-11H2,1-4H3. The van der Waals surface area contributed by atoms with Crippen LogP contribution in [0, 0.1) is 13.8 Å². The van der Waals surface area contributed by atoms with Crippen LogP contribution in [0.3, 0.4) is 0 Å². The van der Waals surface area contributed by atoms with Gasteiger partial charge in [0.15, 0.2) is 0 Å². The van der Waals surface area contributed by atoms with Gasteiger partial charge in [-0.15, -0.1) is 0 Å². The molecule has 4 nitrogen and oxygen atoms in total. The predicted molar refractivity (Wildman–Crippen MR) is 80.6 cm³/mol. The van der Waals surface area contributed by atoms with Crippen LogP contribution in [0.4, 0.5) is 0 Å². The van der Waals surface area contributed by atoms with Gasteiger partial charge < -0.3 is 10.1 Å². The van der Waals surface area contributed by atoms with Crippen LogP contribution in [0.2, 0.25) is 0 Å². The van der Waals surface area contributed by atoms with E-state index >= 15 is 0 Å². The third-order valence-corrected chi connectivity index (χ3v) is 3.72. The van der Waals surface area contributed by atoms with Crippen LogP contribution in [0.1, 0.15) is 28.6 Å². The first-order valence-corrected chi connectivity index (χ1v) is 6.89. The van der Waals surface area contributed by atoms with E-state index in [4.69, 9.17) is 4.74 Å². The molecule has 1 unspecified atom stereocenters. The highest BCUT2D eigenvalue weighted by atomic mass is 16.5. The summed E-state index contributed by atoms with van der Waals surface area (Å²) in [6.07, 6.45) is 0. The Morgan fingerprint density at radius 3 is 2.50 bits per heavy atom. The zero-order valence-electron chi connectivity index (χ0n) is 12.7. The number of nitrogens with one attached hydrogen (secondary N) is 1. The number of hydrogen-bond acceptors (Lipinski definition) is 3. The third-order valence-electron chi connectivity index (χ3n) is 3.72. The first-order chi connectivity index (χ1) is 9.63. The number of benzene rings is 1. The number of nitrogens with zero attached hydrogens (tertiary/aromatic N) is 2. The van der Waals surface area contributed by atoms with Crippen LogP contribution < -0.4 is 5.32 Å². The van der Waals surface area contributed by atoms with Gasteiger partial charge in [0.2, 0.25) is 0 Å². The second kappa shape index (κ2) is 6.68. The molecule has 108 valence electrons. The molecule has 0 spiro atoms. The van der Waals surface area contributed by atoms with Crippen LogP contribution in [0.25, 0.3) is 0 Å². The van der Waals surface area contributed by atoms with Gasteiger partial charge in [-0.3, -0.25) is 4.68 Å². The van der Waals surface area contributed by atoms with Crippen molar-refractivity contribution < 1.29 is 4.74 Å². The number of aromatic nitrogens is 2. The average Bonchev–Trinajstić information content (AvgIpc) is 2.70. The molecular weight excluding hydrogens is 250 g/mol. The van der Waals surface area contributed by atoms with E-state index < -0.39 is 0 Å². The fourth-order valence-corrected chi connectivity index (χ4v) is 2.42. The Bertz CT molecular complexity index is 548. The van der Waals surface area contributed by atoms with Crippen LogP contribution in [0.15, 0.2) is 30.3 Å². The van der Waals surface area contributed by atoms with Crippen molar-refractivity contribution >= 4 is 0 Å². The normalized spacial score (nSPS) is 12.6. The summed E-state index contributed by atoms with van der Waals surface area (Å²) in [6, 6.07) is 10.6. The average molecular weight is 273 g/mol. The molecule has 0 amide bonds. The van der Waals surface area contributed by atoms with Crippen molar-refractivity contribution in [2.24, 2.45) is 7.05 Å². The molecule has 1 atom stereocenters. The maximum Gasteiger partial charge on any atom is 0.0657 e. The molecule has 2 aromatic rings. The topological polar surface area (TPSA) is 39.1 Å². The molecule has 0 saturated heterocycles. The fourth-order valence-electron chi connectivity index (χ4n) is 2.42. The highest BCUT2D eigenvalue weighted by Crippen LogP contribution is 2.16. The predicted octanol–water partition coefficient (Wildman–Crippen LogP) is 2.51. The number of hydrogen-bond donors (Lipinski definition) is 1. The zero-order valence-corrected chi connectivity index (χ0v) is 12.7. The van der Waals surface area contributed by atoms with Crippen molar-refractivity contribution in [3.05, 3.63) is 52.8 Å². The number of aryl methyl sites for hydroxylation is 2. The van der Waals surface area contributed by atoms with E-state index in [0.717, 1.165) is 12.2 Å². The summed E-state index contributed by atoms with van der Waals surface area (Å²) in [7, 11) is 3.72.